The molecule has 0 spiro atoms. The highest BCUT2D eigenvalue weighted by Gasteiger charge is 2.11. The lowest BCUT2D eigenvalue weighted by Gasteiger charge is -2.11. The fourth-order valence-electron chi connectivity index (χ4n) is 1.97. The summed E-state index contributed by atoms with van der Waals surface area (Å²) in [5.41, 5.74) is 6.68. The van der Waals surface area contributed by atoms with Crippen molar-refractivity contribution in [1.82, 2.24) is 10.9 Å². The Bertz CT molecular complexity index is 760. The van der Waals surface area contributed by atoms with Crippen LogP contribution in [0.5, 0.6) is 5.75 Å². The molecule has 2 aromatic rings. The van der Waals surface area contributed by atoms with Crippen LogP contribution in [-0.2, 0) is 0 Å². The van der Waals surface area contributed by atoms with E-state index in [0.29, 0.717) is 16.9 Å². The smallest absolute Gasteiger partial charge is 0.269 e. The summed E-state index contributed by atoms with van der Waals surface area (Å²) in [6, 6.07) is 12.0. The van der Waals surface area contributed by atoms with Gasteiger partial charge in [0.05, 0.1) is 6.10 Å². The Morgan fingerprint density at radius 3 is 2.21 bits per heavy atom. The summed E-state index contributed by atoms with van der Waals surface area (Å²) in [4.78, 5) is 24.2. The summed E-state index contributed by atoms with van der Waals surface area (Å²) in [6.07, 6.45) is 0.0167. The Labute approximate surface area is 149 Å². The predicted octanol–water partition coefficient (Wildman–Crippen LogP) is 3.62. The first kappa shape index (κ1) is 18.0. The molecule has 0 unspecified atom stereocenters. The molecule has 0 saturated carbocycles. The lowest BCUT2D eigenvalue weighted by Crippen LogP contribution is -2.41. The first-order valence-corrected chi connectivity index (χ1v) is 8.29. The van der Waals surface area contributed by atoms with Crippen molar-refractivity contribution in [3.05, 3.63) is 63.6 Å². The third-order valence-electron chi connectivity index (χ3n) is 3.19. The van der Waals surface area contributed by atoms with Gasteiger partial charge in [0.1, 0.15) is 5.75 Å². The molecule has 0 bridgehead atoms. The quantitative estimate of drug-likeness (QED) is 0.783. The topological polar surface area (TPSA) is 67.4 Å². The van der Waals surface area contributed by atoms with E-state index < -0.39 is 11.8 Å². The van der Waals surface area contributed by atoms with E-state index in [9.17, 15) is 9.59 Å². The van der Waals surface area contributed by atoms with Crippen molar-refractivity contribution in [2.75, 3.05) is 0 Å². The second-order valence-electron chi connectivity index (χ2n) is 5.57. The van der Waals surface area contributed by atoms with Crippen LogP contribution in [0.2, 0.25) is 0 Å². The van der Waals surface area contributed by atoms with Crippen LogP contribution in [0.25, 0.3) is 0 Å². The van der Waals surface area contributed by atoms with Crippen LogP contribution in [0.4, 0.5) is 0 Å². The monoisotopic (exact) mass is 390 g/mol. The predicted molar refractivity (Wildman–Crippen MR) is 96.0 cm³/mol. The number of hydrogen-bond acceptors (Lipinski definition) is 3. The first-order valence-electron chi connectivity index (χ1n) is 7.50. The maximum absolute atomic E-state index is 12.1. The highest BCUT2D eigenvalue weighted by Crippen LogP contribution is 2.17. The molecule has 0 aromatic heterocycles. The van der Waals surface area contributed by atoms with Gasteiger partial charge >= 0.3 is 0 Å². The van der Waals surface area contributed by atoms with Gasteiger partial charge < -0.3 is 4.74 Å². The molecule has 0 heterocycles. The molecule has 2 amide bonds. The van der Waals surface area contributed by atoms with Crippen LogP contribution in [0.1, 0.15) is 40.1 Å². The second-order valence-corrected chi connectivity index (χ2v) is 6.42. The minimum Gasteiger partial charge on any atom is -0.491 e. The standard InChI is InChI=1S/C18H19BrN2O3/c1-11(2)24-15-6-4-5-13(9-15)17(22)20-21-18(23)14-8-7-12(3)16(19)10-14/h4-11H,1-3H3,(H,20,22)(H,21,23). The maximum Gasteiger partial charge on any atom is 0.269 e. The number of hydrazine groups is 1. The first-order chi connectivity index (χ1) is 11.4. The Balaban J connectivity index is 1.99. The molecule has 24 heavy (non-hydrogen) atoms. The van der Waals surface area contributed by atoms with Gasteiger partial charge in [-0.1, -0.05) is 28.1 Å². The number of rotatable bonds is 4. The summed E-state index contributed by atoms with van der Waals surface area (Å²) >= 11 is 3.38. The van der Waals surface area contributed by atoms with Crippen molar-refractivity contribution in [3.63, 3.8) is 0 Å². The van der Waals surface area contributed by atoms with Gasteiger partial charge in [0.2, 0.25) is 0 Å². The average molecular weight is 391 g/mol. The van der Waals surface area contributed by atoms with Gasteiger partial charge in [0, 0.05) is 15.6 Å². The molecule has 6 heteroatoms. The second kappa shape index (κ2) is 7.97. The van der Waals surface area contributed by atoms with Crippen molar-refractivity contribution in [3.8, 4) is 5.75 Å². The lowest BCUT2D eigenvalue weighted by atomic mass is 10.1. The van der Waals surface area contributed by atoms with E-state index >= 15 is 0 Å². The molecule has 0 saturated heterocycles. The summed E-state index contributed by atoms with van der Waals surface area (Å²) in [5.74, 6) is -0.200. The Morgan fingerprint density at radius 1 is 1.00 bits per heavy atom. The van der Waals surface area contributed by atoms with E-state index in [1.807, 2.05) is 26.8 Å². The normalized spacial score (nSPS) is 10.4. The number of benzene rings is 2. The van der Waals surface area contributed by atoms with E-state index in [4.69, 9.17) is 4.74 Å². The van der Waals surface area contributed by atoms with Gasteiger partial charge in [0.25, 0.3) is 11.8 Å². The fourth-order valence-corrected chi connectivity index (χ4v) is 2.35. The van der Waals surface area contributed by atoms with Gasteiger partial charge in [-0.25, -0.2) is 0 Å². The van der Waals surface area contributed by atoms with Gasteiger partial charge in [-0.2, -0.15) is 0 Å². The minimum absolute atomic E-state index is 0.0167. The maximum atomic E-state index is 12.1. The van der Waals surface area contributed by atoms with Crippen LogP contribution in [0.3, 0.4) is 0 Å². The van der Waals surface area contributed by atoms with Crippen molar-refractivity contribution in [1.29, 1.82) is 0 Å². The lowest BCUT2D eigenvalue weighted by molar-refractivity contribution is 0.0846. The number of hydrogen-bond donors (Lipinski definition) is 2. The van der Waals surface area contributed by atoms with Gasteiger partial charge in [0.15, 0.2) is 0 Å². The fraction of sp³-hybridized carbons (Fsp3) is 0.222. The SMILES string of the molecule is Cc1ccc(C(=O)NNC(=O)c2cccc(OC(C)C)c2)cc1Br. The van der Waals surface area contributed by atoms with E-state index in [-0.39, 0.29) is 6.10 Å². The zero-order valence-electron chi connectivity index (χ0n) is 13.7. The van der Waals surface area contributed by atoms with Crippen molar-refractivity contribution < 1.29 is 14.3 Å². The highest BCUT2D eigenvalue weighted by molar-refractivity contribution is 9.10. The van der Waals surface area contributed by atoms with Gasteiger partial charge in [-0.15, -0.1) is 0 Å². The molecule has 0 radical (unpaired) electrons. The number of carbonyl (C=O) groups is 2. The molecule has 0 atom stereocenters. The Morgan fingerprint density at radius 2 is 1.62 bits per heavy atom. The molecule has 2 N–H and O–H groups in total. The Kier molecular flexibility index (Phi) is 5.98. The van der Waals surface area contributed by atoms with Crippen molar-refractivity contribution >= 4 is 27.7 Å². The summed E-state index contributed by atoms with van der Waals surface area (Å²) in [5, 5.41) is 0. The molecule has 0 aliphatic rings. The van der Waals surface area contributed by atoms with Crippen LogP contribution in [-0.4, -0.2) is 17.9 Å². The van der Waals surface area contributed by atoms with E-state index in [2.05, 4.69) is 26.8 Å². The molecular formula is C18H19BrN2O3. The molecule has 5 nitrogen and oxygen atoms in total. The Hall–Kier alpha value is -2.34. The molecule has 0 aliphatic carbocycles. The number of nitrogens with one attached hydrogen (secondary N) is 2. The van der Waals surface area contributed by atoms with E-state index in [0.717, 1.165) is 10.0 Å². The zero-order valence-corrected chi connectivity index (χ0v) is 15.3. The number of ether oxygens (including phenoxy) is 1. The number of halogens is 1. The van der Waals surface area contributed by atoms with Gasteiger partial charge in [-0.05, 0) is 56.7 Å². The van der Waals surface area contributed by atoms with Crippen molar-refractivity contribution in [2.45, 2.75) is 26.9 Å². The van der Waals surface area contributed by atoms with E-state index in [1.165, 1.54) is 0 Å². The number of carbonyl (C=O) groups excluding carboxylic acids is 2. The van der Waals surface area contributed by atoms with E-state index in [1.54, 1.807) is 36.4 Å². The van der Waals surface area contributed by atoms with Crippen LogP contribution >= 0.6 is 15.9 Å². The molecule has 0 fully saturated rings. The highest BCUT2D eigenvalue weighted by atomic mass is 79.9. The average Bonchev–Trinajstić information content (AvgIpc) is 2.54. The summed E-state index contributed by atoms with van der Waals surface area (Å²) in [6.45, 7) is 5.75. The summed E-state index contributed by atoms with van der Waals surface area (Å²) < 4.78 is 6.39. The molecule has 126 valence electrons. The number of amides is 2. The van der Waals surface area contributed by atoms with Crippen LogP contribution < -0.4 is 15.6 Å². The zero-order chi connectivity index (χ0) is 17.7. The largest absolute Gasteiger partial charge is 0.491 e. The van der Waals surface area contributed by atoms with Gasteiger partial charge in [-0.3, -0.25) is 20.4 Å². The van der Waals surface area contributed by atoms with Crippen LogP contribution in [0, 0.1) is 6.92 Å². The third-order valence-corrected chi connectivity index (χ3v) is 4.05. The van der Waals surface area contributed by atoms with Crippen LogP contribution in [0.15, 0.2) is 46.9 Å². The summed E-state index contributed by atoms with van der Waals surface area (Å²) in [7, 11) is 0. The minimum atomic E-state index is -0.413. The third kappa shape index (κ3) is 4.83. The molecule has 0 aliphatic heterocycles. The van der Waals surface area contributed by atoms with Crippen molar-refractivity contribution in [2.24, 2.45) is 0 Å². The molecule has 2 rings (SSSR count). The molecular weight excluding hydrogens is 372 g/mol. The molecule has 2 aromatic carbocycles. The number of aryl methyl sites for hydroxylation is 1.